The quantitative estimate of drug-likeness (QED) is 0.318. The lowest BCUT2D eigenvalue weighted by atomic mass is 9.95. The molecule has 238 valence electrons. The molecule has 13 nitrogen and oxygen atoms in total. The second kappa shape index (κ2) is 12.5. The molecule has 1 aromatic heterocycles. The first-order chi connectivity index (χ1) is 21.6. The fraction of sp³-hybridized carbons (Fsp3) is 0.516. The topological polar surface area (TPSA) is 162 Å². The minimum Gasteiger partial charge on any atom is -0.369 e. The van der Waals surface area contributed by atoms with Crippen LogP contribution in [0.2, 0.25) is 0 Å². The number of nitrogens with two attached hydrogens (primary N) is 1. The first-order valence-corrected chi connectivity index (χ1v) is 15.4. The molecule has 5 amide bonds. The third-order valence-corrected chi connectivity index (χ3v) is 9.68. The Hall–Kier alpha value is -4.46. The highest BCUT2D eigenvalue weighted by molar-refractivity contribution is 6.08. The van der Waals surface area contributed by atoms with Crippen molar-refractivity contribution < 1.29 is 28.4 Å². The van der Waals surface area contributed by atoms with Gasteiger partial charge < -0.3 is 20.4 Å². The average Bonchev–Trinajstić information content (AvgIpc) is 3.58. The van der Waals surface area contributed by atoms with Gasteiger partial charge in [0, 0.05) is 57.8 Å². The van der Waals surface area contributed by atoms with Crippen LogP contribution in [0.25, 0.3) is 0 Å². The lowest BCUT2D eigenvalue weighted by Gasteiger charge is -2.36. The third-order valence-electron chi connectivity index (χ3n) is 9.68. The zero-order chi connectivity index (χ0) is 31.8. The number of nitrogens with zero attached hydrogens (tertiary/aromatic N) is 6. The maximum absolute atomic E-state index is 15.2. The Kier molecular flexibility index (Phi) is 8.49. The number of hydrogen-bond acceptors (Lipinski definition) is 10. The Morgan fingerprint density at radius 2 is 1.76 bits per heavy atom. The first kappa shape index (κ1) is 30.6. The van der Waals surface area contributed by atoms with Gasteiger partial charge in [-0.25, -0.2) is 4.39 Å². The summed E-state index contributed by atoms with van der Waals surface area (Å²) in [5.41, 5.74) is 6.25. The molecule has 5 heterocycles. The van der Waals surface area contributed by atoms with Crippen molar-refractivity contribution in [1.29, 1.82) is 0 Å². The number of halogens is 1. The van der Waals surface area contributed by atoms with E-state index in [1.807, 2.05) is 4.90 Å². The van der Waals surface area contributed by atoms with Crippen LogP contribution in [0.4, 0.5) is 15.9 Å². The van der Waals surface area contributed by atoms with Gasteiger partial charge in [0.2, 0.25) is 18.2 Å². The summed E-state index contributed by atoms with van der Waals surface area (Å²) in [7, 11) is 0. The molecule has 0 bridgehead atoms. The van der Waals surface area contributed by atoms with E-state index in [1.165, 1.54) is 12.1 Å². The van der Waals surface area contributed by atoms with Gasteiger partial charge in [0.25, 0.3) is 11.8 Å². The van der Waals surface area contributed by atoms with E-state index in [0.29, 0.717) is 48.5 Å². The molecule has 0 saturated carbocycles. The summed E-state index contributed by atoms with van der Waals surface area (Å²) in [6, 6.07) is 5.10. The van der Waals surface area contributed by atoms with Crippen LogP contribution < -0.4 is 20.9 Å². The van der Waals surface area contributed by atoms with E-state index in [2.05, 4.69) is 25.3 Å². The van der Waals surface area contributed by atoms with Gasteiger partial charge in [-0.15, -0.1) is 10.2 Å². The number of nitrogens with one attached hydrogen (secondary N) is 1. The fourth-order valence-corrected chi connectivity index (χ4v) is 7.26. The number of amides is 5. The molecule has 0 spiro atoms. The molecule has 14 heteroatoms. The molecule has 4 aliphatic heterocycles. The zero-order valence-electron chi connectivity index (χ0n) is 25.2. The number of benzene rings is 1. The number of imide groups is 2. The summed E-state index contributed by atoms with van der Waals surface area (Å²) in [4.78, 5) is 67.9. The van der Waals surface area contributed by atoms with Crippen molar-refractivity contribution in [2.24, 2.45) is 23.5 Å². The summed E-state index contributed by atoms with van der Waals surface area (Å²) < 4.78 is 15.2. The number of anilines is 2. The van der Waals surface area contributed by atoms with Crippen LogP contribution in [0.15, 0.2) is 24.3 Å². The van der Waals surface area contributed by atoms with Gasteiger partial charge in [0.1, 0.15) is 11.9 Å². The van der Waals surface area contributed by atoms with Crippen LogP contribution in [-0.2, 0) is 14.4 Å². The molecule has 3 unspecified atom stereocenters. The monoisotopic (exact) mass is 620 g/mol. The SMILES string of the molecule is Cc1cc(F)c(N2CCC(CN3CC4CN(c5ccc(C(N)=O)nn5)CC4C3)CC2)cc1C(=O)N(C=O)C1CCC(=O)NC1=O. The highest BCUT2D eigenvalue weighted by atomic mass is 19.1. The summed E-state index contributed by atoms with van der Waals surface area (Å²) in [6.45, 7) is 7.64. The molecular formula is C31H37FN8O5. The Labute approximate surface area is 259 Å². The number of aryl methyl sites for hydroxylation is 1. The molecule has 1 aromatic carbocycles. The van der Waals surface area contributed by atoms with Crippen molar-refractivity contribution in [3.05, 3.63) is 46.9 Å². The predicted octanol–water partition coefficient (Wildman–Crippen LogP) is 0.711. The second-order valence-electron chi connectivity index (χ2n) is 12.6. The van der Waals surface area contributed by atoms with E-state index in [1.54, 1.807) is 19.1 Å². The number of aromatic nitrogens is 2. The van der Waals surface area contributed by atoms with Gasteiger partial charge in [0.05, 0.1) is 5.69 Å². The van der Waals surface area contributed by atoms with Crippen molar-refractivity contribution in [1.82, 2.24) is 25.3 Å². The van der Waals surface area contributed by atoms with Gasteiger partial charge in [0.15, 0.2) is 11.5 Å². The van der Waals surface area contributed by atoms with Crippen LogP contribution in [-0.4, -0.2) is 102 Å². The van der Waals surface area contributed by atoms with Crippen molar-refractivity contribution in [2.75, 3.05) is 55.6 Å². The fourth-order valence-electron chi connectivity index (χ4n) is 7.26. The highest BCUT2D eigenvalue weighted by Gasteiger charge is 2.41. The summed E-state index contributed by atoms with van der Waals surface area (Å²) in [5.74, 6) is -0.569. The van der Waals surface area contributed by atoms with E-state index in [4.69, 9.17) is 5.73 Å². The molecule has 4 fully saturated rings. The third kappa shape index (κ3) is 6.23. The van der Waals surface area contributed by atoms with Gasteiger partial charge in [-0.3, -0.25) is 34.2 Å². The molecule has 4 aliphatic rings. The lowest BCUT2D eigenvalue weighted by molar-refractivity contribution is -0.139. The van der Waals surface area contributed by atoms with Crippen molar-refractivity contribution in [2.45, 2.75) is 38.6 Å². The number of primary amides is 1. The molecule has 3 N–H and O–H groups in total. The Balaban J connectivity index is 1.03. The Morgan fingerprint density at radius 1 is 1.04 bits per heavy atom. The summed E-state index contributed by atoms with van der Waals surface area (Å²) in [5, 5.41) is 10.3. The molecular weight excluding hydrogens is 583 g/mol. The minimum absolute atomic E-state index is 0.0249. The van der Waals surface area contributed by atoms with Crippen LogP contribution in [0.1, 0.15) is 52.1 Å². The Bertz CT molecular complexity index is 1500. The van der Waals surface area contributed by atoms with Crippen LogP contribution >= 0.6 is 0 Å². The molecule has 4 saturated heterocycles. The Morgan fingerprint density at radius 3 is 2.36 bits per heavy atom. The van der Waals surface area contributed by atoms with Crippen molar-refractivity contribution in [3.63, 3.8) is 0 Å². The van der Waals surface area contributed by atoms with Gasteiger partial charge >= 0.3 is 0 Å². The summed E-state index contributed by atoms with van der Waals surface area (Å²) in [6.07, 6.45) is 2.14. The maximum atomic E-state index is 15.2. The van der Waals surface area contributed by atoms with Crippen LogP contribution in [0.5, 0.6) is 0 Å². The van der Waals surface area contributed by atoms with E-state index >= 15 is 4.39 Å². The number of fused-ring (bicyclic) bond motifs is 1. The van der Waals surface area contributed by atoms with Crippen molar-refractivity contribution in [3.8, 4) is 0 Å². The largest absolute Gasteiger partial charge is 0.369 e. The molecule has 0 radical (unpaired) electrons. The number of carbonyl (C=O) groups is 5. The van der Waals surface area contributed by atoms with Crippen LogP contribution in [0, 0.1) is 30.5 Å². The molecule has 2 aromatic rings. The molecule has 6 rings (SSSR count). The van der Waals surface area contributed by atoms with E-state index < -0.39 is 35.5 Å². The highest BCUT2D eigenvalue weighted by Crippen LogP contribution is 2.35. The average molecular weight is 621 g/mol. The number of likely N-dealkylation sites (tertiary alicyclic amines) is 1. The molecule has 3 atom stereocenters. The van der Waals surface area contributed by atoms with Crippen molar-refractivity contribution >= 4 is 41.5 Å². The number of rotatable bonds is 8. The minimum atomic E-state index is -1.09. The molecule has 45 heavy (non-hydrogen) atoms. The standard InChI is InChI=1S/C31H37FN8O5/c1-18-10-23(32)26(11-22(18)31(45)40(17-41)25-3-5-28(42)34-30(25)44)38-8-6-19(7-9-38)12-37-13-20-15-39(16-21(20)14-37)27-4-2-24(29(33)43)35-36-27/h2,4,10-11,17,19-21,25H,3,5-9,12-16H2,1H3,(H2,33,43)(H,34,42,44). The number of piperidine rings is 2. The summed E-state index contributed by atoms with van der Waals surface area (Å²) >= 11 is 0. The second-order valence-corrected chi connectivity index (χ2v) is 12.6. The molecule has 0 aliphatic carbocycles. The predicted molar refractivity (Wildman–Crippen MR) is 161 cm³/mol. The maximum Gasteiger partial charge on any atom is 0.269 e. The van der Waals surface area contributed by atoms with Crippen LogP contribution in [0.3, 0.4) is 0 Å². The number of carbonyl (C=O) groups excluding carboxylic acids is 5. The lowest BCUT2D eigenvalue weighted by Crippen LogP contribution is -2.54. The van der Waals surface area contributed by atoms with Gasteiger partial charge in [-0.1, -0.05) is 0 Å². The van der Waals surface area contributed by atoms with E-state index in [-0.39, 0.29) is 24.1 Å². The van der Waals surface area contributed by atoms with E-state index in [0.717, 1.165) is 56.3 Å². The van der Waals surface area contributed by atoms with Gasteiger partial charge in [-0.2, -0.15) is 0 Å². The normalized spacial score (nSPS) is 24.0. The smallest absolute Gasteiger partial charge is 0.269 e. The zero-order valence-corrected chi connectivity index (χ0v) is 25.2. The first-order valence-electron chi connectivity index (χ1n) is 15.4. The van der Waals surface area contributed by atoms with Gasteiger partial charge in [-0.05, 0) is 73.8 Å². The van der Waals surface area contributed by atoms with E-state index in [9.17, 15) is 24.0 Å². The number of hydrogen-bond donors (Lipinski definition) is 2.